The fraction of sp³-hybridized carbons (Fsp3) is 0.417. The molecular weight excluding hydrogens is 254 g/mol. The highest BCUT2D eigenvalue weighted by Crippen LogP contribution is 2.15. The van der Waals surface area contributed by atoms with E-state index in [1.807, 2.05) is 6.92 Å². The monoisotopic (exact) mass is 269 g/mol. The van der Waals surface area contributed by atoms with E-state index in [-0.39, 0.29) is 4.90 Å². The summed E-state index contributed by atoms with van der Waals surface area (Å²) in [4.78, 5) is 11.6. The minimum absolute atomic E-state index is 0.000512. The maximum Gasteiger partial charge on any atom is 0.341 e. The van der Waals surface area contributed by atoms with E-state index in [9.17, 15) is 13.2 Å². The third-order valence-electron chi connectivity index (χ3n) is 2.85. The fourth-order valence-electron chi connectivity index (χ4n) is 1.80. The van der Waals surface area contributed by atoms with E-state index in [0.29, 0.717) is 13.0 Å². The number of hydrogen-bond donors (Lipinski definition) is 1. The Balaban J connectivity index is 2.11. The first-order valence-electron chi connectivity index (χ1n) is 5.77. The Hall–Kier alpha value is -1.40. The second-order valence-electron chi connectivity index (χ2n) is 4.32. The van der Waals surface area contributed by atoms with Crippen LogP contribution in [0.3, 0.4) is 0 Å². The average molecular weight is 269 g/mol. The predicted octanol–water partition coefficient (Wildman–Crippen LogP) is 0.979. The van der Waals surface area contributed by atoms with Crippen molar-refractivity contribution in [2.45, 2.75) is 30.7 Å². The number of nitrogens with one attached hydrogen (secondary N) is 1. The van der Waals surface area contributed by atoms with Crippen molar-refractivity contribution in [1.82, 2.24) is 5.32 Å². The summed E-state index contributed by atoms with van der Waals surface area (Å²) in [5, 5.41) is 2.90. The first-order valence-corrected chi connectivity index (χ1v) is 7.18. The van der Waals surface area contributed by atoms with E-state index in [1.54, 1.807) is 12.1 Å². The smallest absolute Gasteiger partial charge is 0.341 e. The van der Waals surface area contributed by atoms with Crippen LogP contribution in [0.15, 0.2) is 29.2 Å². The van der Waals surface area contributed by atoms with Crippen LogP contribution in [0.4, 0.5) is 0 Å². The van der Waals surface area contributed by atoms with Gasteiger partial charge in [-0.05, 0) is 38.4 Å². The number of rotatable bonds is 3. The van der Waals surface area contributed by atoms with Crippen LogP contribution in [0.1, 0.15) is 18.4 Å². The summed E-state index contributed by atoms with van der Waals surface area (Å²) in [7, 11) is -4.00. The van der Waals surface area contributed by atoms with Crippen LogP contribution in [0.2, 0.25) is 0 Å². The Morgan fingerprint density at radius 2 is 2.00 bits per heavy atom. The van der Waals surface area contributed by atoms with Gasteiger partial charge in [0.1, 0.15) is 10.9 Å². The van der Waals surface area contributed by atoms with Gasteiger partial charge in [-0.3, -0.25) is 0 Å². The van der Waals surface area contributed by atoms with Crippen molar-refractivity contribution in [1.29, 1.82) is 0 Å². The van der Waals surface area contributed by atoms with Crippen LogP contribution in [0.25, 0.3) is 0 Å². The zero-order valence-electron chi connectivity index (χ0n) is 10.0. The molecule has 5 nitrogen and oxygen atoms in total. The fourth-order valence-corrected chi connectivity index (χ4v) is 2.70. The van der Waals surface area contributed by atoms with E-state index in [2.05, 4.69) is 9.50 Å². The van der Waals surface area contributed by atoms with E-state index in [1.165, 1.54) is 12.1 Å². The molecule has 1 aliphatic rings. The Morgan fingerprint density at radius 1 is 1.33 bits per heavy atom. The second-order valence-corrected chi connectivity index (χ2v) is 5.86. The van der Waals surface area contributed by atoms with Crippen molar-refractivity contribution in [3.05, 3.63) is 29.8 Å². The van der Waals surface area contributed by atoms with Gasteiger partial charge in [-0.2, -0.15) is 8.42 Å². The first kappa shape index (κ1) is 13.0. The van der Waals surface area contributed by atoms with Crippen LogP contribution in [-0.2, 0) is 19.1 Å². The largest absolute Gasteiger partial charge is 0.341 e. The molecule has 98 valence electrons. The molecule has 18 heavy (non-hydrogen) atoms. The molecule has 1 aliphatic heterocycles. The Kier molecular flexibility index (Phi) is 3.68. The van der Waals surface area contributed by atoms with E-state index in [4.69, 9.17) is 0 Å². The highest BCUT2D eigenvalue weighted by Gasteiger charge is 2.28. The summed E-state index contributed by atoms with van der Waals surface area (Å²) in [5.74, 6) is -0.729. The summed E-state index contributed by atoms with van der Waals surface area (Å²) in [5.41, 5.74) is 0.942. The quantitative estimate of drug-likeness (QED) is 0.828. The molecule has 1 fully saturated rings. The normalized spacial score (nSPS) is 19.7. The number of hydrogen-bond acceptors (Lipinski definition) is 5. The lowest BCUT2D eigenvalue weighted by atomic mass is 10.2. The molecule has 0 amide bonds. The average Bonchev–Trinajstić information content (AvgIpc) is 2.82. The molecule has 1 N–H and O–H groups in total. The van der Waals surface area contributed by atoms with Gasteiger partial charge in [0.2, 0.25) is 0 Å². The van der Waals surface area contributed by atoms with Crippen molar-refractivity contribution >= 4 is 16.1 Å². The van der Waals surface area contributed by atoms with Gasteiger partial charge in [-0.25, -0.2) is 4.79 Å². The maximum absolute atomic E-state index is 11.8. The van der Waals surface area contributed by atoms with Gasteiger partial charge in [0, 0.05) is 0 Å². The number of aryl methyl sites for hydroxylation is 1. The van der Waals surface area contributed by atoms with E-state index < -0.39 is 22.1 Å². The highest BCUT2D eigenvalue weighted by molar-refractivity contribution is 7.87. The van der Waals surface area contributed by atoms with E-state index >= 15 is 0 Å². The molecule has 1 heterocycles. The molecular formula is C12H15NO4S. The summed E-state index contributed by atoms with van der Waals surface area (Å²) in [6.07, 6.45) is 1.46. The first-order chi connectivity index (χ1) is 8.49. The lowest BCUT2D eigenvalue weighted by molar-refractivity contribution is -0.135. The zero-order chi connectivity index (χ0) is 13.2. The molecule has 0 aliphatic carbocycles. The lowest BCUT2D eigenvalue weighted by Crippen LogP contribution is -2.33. The maximum atomic E-state index is 11.8. The predicted molar refractivity (Wildman–Crippen MR) is 65.5 cm³/mol. The third kappa shape index (κ3) is 2.88. The minimum atomic E-state index is -4.00. The van der Waals surface area contributed by atoms with Crippen LogP contribution >= 0.6 is 0 Å². The molecule has 0 aromatic heterocycles. The summed E-state index contributed by atoms with van der Waals surface area (Å²) in [6.45, 7) is 2.56. The molecule has 0 bridgehead atoms. The van der Waals surface area contributed by atoms with Gasteiger partial charge in [0.25, 0.3) is 0 Å². The topological polar surface area (TPSA) is 72.5 Å². The summed E-state index contributed by atoms with van der Waals surface area (Å²) < 4.78 is 28.3. The van der Waals surface area contributed by atoms with Crippen molar-refractivity contribution in [3.63, 3.8) is 0 Å². The number of carbonyl (C=O) groups is 1. The third-order valence-corrected chi connectivity index (χ3v) is 4.08. The molecule has 0 spiro atoms. The molecule has 1 aromatic rings. The van der Waals surface area contributed by atoms with Gasteiger partial charge in [0.15, 0.2) is 0 Å². The number of carbonyl (C=O) groups excluding carboxylic acids is 1. The van der Waals surface area contributed by atoms with Crippen LogP contribution in [0.5, 0.6) is 0 Å². The molecule has 0 radical (unpaired) electrons. The van der Waals surface area contributed by atoms with Gasteiger partial charge in [-0.15, -0.1) is 0 Å². The summed E-state index contributed by atoms with van der Waals surface area (Å²) >= 11 is 0. The molecule has 0 saturated carbocycles. The molecule has 1 aromatic carbocycles. The molecule has 0 unspecified atom stereocenters. The minimum Gasteiger partial charge on any atom is -0.341 e. The van der Waals surface area contributed by atoms with Gasteiger partial charge in [-0.1, -0.05) is 17.7 Å². The standard InChI is InChI=1S/C12H15NO4S/c1-9-4-6-10(7-5-9)18(15,16)17-12(14)11-3-2-8-13-11/h4-7,11,13H,2-3,8H2,1H3/t11-/m1/s1. The van der Waals surface area contributed by atoms with Crippen molar-refractivity contribution < 1.29 is 17.4 Å². The van der Waals surface area contributed by atoms with Crippen LogP contribution in [0, 0.1) is 6.92 Å². The van der Waals surface area contributed by atoms with E-state index in [0.717, 1.165) is 12.0 Å². The van der Waals surface area contributed by atoms with Crippen molar-refractivity contribution in [3.8, 4) is 0 Å². The van der Waals surface area contributed by atoms with Crippen LogP contribution in [-0.4, -0.2) is 27.0 Å². The summed E-state index contributed by atoms with van der Waals surface area (Å²) in [6, 6.07) is 5.67. The Morgan fingerprint density at radius 3 is 2.56 bits per heavy atom. The molecule has 1 saturated heterocycles. The number of benzene rings is 1. The molecule has 6 heteroatoms. The van der Waals surface area contributed by atoms with Gasteiger partial charge < -0.3 is 9.50 Å². The van der Waals surface area contributed by atoms with Gasteiger partial charge >= 0.3 is 16.1 Å². The Labute approximate surface area is 106 Å². The van der Waals surface area contributed by atoms with Crippen molar-refractivity contribution in [2.24, 2.45) is 0 Å². The van der Waals surface area contributed by atoms with Crippen LogP contribution < -0.4 is 5.32 Å². The second kappa shape index (κ2) is 5.07. The van der Waals surface area contributed by atoms with Gasteiger partial charge in [0.05, 0.1) is 0 Å². The zero-order valence-corrected chi connectivity index (χ0v) is 10.9. The SMILES string of the molecule is Cc1ccc(S(=O)(=O)OC(=O)[C@H]2CCCN2)cc1. The molecule has 1 atom stereocenters. The Bertz CT molecular complexity index is 530. The lowest BCUT2D eigenvalue weighted by Gasteiger charge is -2.10. The van der Waals surface area contributed by atoms with Crippen molar-refractivity contribution in [2.75, 3.05) is 6.54 Å². The molecule has 2 rings (SSSR count). The highest BCUT2D eigenvalue weighted by atomic mass is 32.2.